The van der Waals surface area contributed by atoms with E-state index in [4.69, 9.17) is 4.55 Å². The summed E-state index contributed by atoms with van der Waals surface area (Å²) in [5.41, 5.74) is 5.58. The maximum absolute atomic E-state index is 11.0. The number of rotatable bonds is 6. The number of nitrogens with zero attached hydrogens (tertiary/aromatic N) is 3. The molecule has 0 radical (unpaired) electrons. The molecule has 28 heavy (non-hydrogen) atoms. The van der Waals surface area contributed by atoms with Gasteiger partial charge in [0.05, 0.1) is 21.2 Å². The molecule has 0 aliphatic rings. The molecule has 3 aromatic rings. The fourth-order valence-corrected chi connectivity index (χ4v) is 2.82. The Morgan fingerprint density at radius 2 is 1.39 bits per heavy atom. The van der Waals surface area contributed by atoms with Gasteiger partial charge in [0.25, 0.3) is 15.8 Å². The third-order valence-corrected chi connectivity index (χ3v) is 4.64. The normalized spacial score (nSPS) is 11.5. The van der Waals surface area contributed by atoms with E-state index in [1.165, 1.54) is 36.4 Å². The van der Waals surface area contributed by atoms with E-state index >= 15 is 0 Å². The topological polar surface area (TPSA) is 134 Å². The molecule has 0 saturated carbocycles. The Bertz CT molecular complexity index is 1110. The van der Waals surface area contributed by atoms with E-state index in [-0.39, 0.29) is 10.6 Å². The van der Waals surface area contributed by atoms with E-state index in [1.807, 2.05) is 12.1 Å². The van der Waals surface area contributed by atoms with Crippen LogP contribution in [0.4, 0.5) is 17.1 Å². The van der Waals surface area contributed by atoms with Crippen LogP contribution in [0, 0.1) is 10.1 Å². The quantitative estimate of drug-likeness (QED) is 0.269. The lowest BCUT2D eigenvalue weighted by molar-refractivity contribution is -0.384. The van der Waals surface area contributed by atoms with Crippen LogP contribution in [0.25, 0.3) is 11.1 Å². The maximum Gasteiger partial charge on any atom is 0.294 e. The van der Waals surface area contributed by atoms with Crippen LogP contribution in [0.5, 0.6) is 0 Å². The van der Waals surface area contributed by atoms with Crippen molar-refractivity contribution in [3.63, 3.8) is 0 Å². The van der Waals surface area contributed by atoms with Gasteiger partial charge in [0.15, 0.2) is 0 Å². The SMILES string of the molecule is O=[N+]([O-])c1ccc(-c2ccc(NN=Nc3ccc(S(=O)(=O)O)cc3)cc2)cc1. The minimum atomic E-state index is -4.24. The van der Waals surface area contributed by atoms with Crippen LogP contribution >= 0.6 is 0 Å². The second-order valence-corrected chi connectivity index (χ2v) is 7.08. The molecule has 0 saturated heterocycles. The Kier molecular flexibility index (Phi) is 5.43. The number of nitro benzene ring substituents is 1. The highest BCUT2D eigenvalue weighted by Gasteiger charge is 2.08. The average molecular weight is 398 g/mol. The summed E-state index contributed by atoms with van der Waals surface area (Å²) in [6, 6.07) is 18.7. The number of non-ortho nitro benzene ring substituents is 1. The summed E-state index contributed by atoms with van der Waals surface area (Å²) in [4.78, 5) is 10.0. The Labute approximate surface area is 160 Å². The van der Waals surface area contributed by atoms with Crippen molar-refractivity contribution in [1.82, 2.24) is 0 Å². The van der Waals surface area contributed by atoms with E-state index in [0.717, 1.165) is 11.1 Å². The lowest BCUT2D eigenvalue weighted by atomic mass is 10.1. The smallest absolute Gasteiger partial charge is 0.282 e. The summed E-state index contributed by atoms with van der Waals surface area (Å²) < 4.78 is 30.9. The van der Waals surface area contributed by atoms with E-state index in [0.29, 0.717) is 11.4 Å². The first-order valence-electron chi connectivity index (χ1n) is 7.92. The van der Waals surface area contributed by atoms with Gasteiger partial charge in [-0.3, -0.25) is 20.1 Å². The zero-order valence-electron chi connectivity index (χ0n) is 14.3. The number of hydrogen-bond donors (Lipinski definition) is 2. The van der Waals surface area contributed by atoms with Crippen molar-refractivity contribution in [3.8, 4) is 11.1 Å². The highest BCUT2D eigenvalue weighted by Crippen LogP contribution is 2.24. The molecule has 142 valence electrons. The van der Waals surface area contributed by atoms with Crippen LogP contribution in [0.15, 0.2) is 88.0 Å². The molecule has 0 bridgehead atoms. The Hall–Kier alpha value is -3.63. The van der Waals surface area contributed by atoms with E-state index in [9.17, 15) is 18.5 Å². The molecule has 0 aromatic heterocycles. The van der Waals surface area contributed by atoms with Gasteiger partial charge in [-0.15, -0.1) is 5.11 Å². The van der Waals surface area contributed by atoms with Crippen molar-refractivity contribution in [2.24, 2.45) is 10.3 Å². The third-order valence-electron chi connectivity index (χ3n) is 3.78. The number of anilines is 1. The maximum atomic E-state index is 11.0. The van der Waals surface area contributed by atoms with Crippen molar-refractivity contribution in [1.29, 1.82) is 0 Å². The molecule has 0 unspecified atom stereocenters. The van der Waals surface area contributed by atoms with Gasteiger partial charge in [-0.1, -0.05) is 17.4 Å². The summed E-state index contributed by atoms with van der Waals surface area (Å²) in [5, 5.41) is 18.4. The highest BCUT2D eigenvalue weighted by molar-refractivity contribution is 7.85. The molecule has 0 heterocycles. The fraction of sp³-hybridized carbons (Fsp3) is 0. The number of nitro groups is 1. The van der Waals surface area contributed by atoms with Gasteiger partial charge in [0.1, 0.15) is 0 Å². The monoisotopic (exact) mass is 398 g/mol. The minimum absolute atomic E-state index is 0.0343. The molecule has 0 aliphatic carbocycles. The number of benzene rings is 3. The Morgan fingerprint density at radius 1 is 0.857 bits per heavy atom. The van der Waals surface area contributed by atoms with E-state index in [2.05, 4.69) is 15.8 Å². The first-order chi connectivity index (χ1) is 13.3. The van der Waals surface area contributed by atoms with Gasteiger partial charge in [0.2, 0.25) is 0 Å². The average Bonchev–Trinajstić information content (AvgIpc) is 2.68. The fourth-order valence-electron chi connectivity index (χ4n) is 2.34. The molecule has 0 fully saturated rings. The molecule has 3 aromatic carbocycles. The van der Waals surface area contributed by atoms with E-state index in [1.54, 1.807) is 24.3 Å². The minimum Gasteiger partial charge on any atom is -0.282 e. The zero-order valence-corrected chi connectivity index (χ0v) is 15.1. The number of nitrogens with one attached hydrogen (secondary N) is 1. The highest BCUT2D eigenvalue weighted by atomic mass is 32.2. The van der Waals surface area contributed by atoms with Gasteiger partial charge in [-0.2, -0.15) is 8.42 Å². The first-order valence-corrected chi connectivity index (χ1v) is 9.36. The molecular formula is C18H14N4O5S. The summed E-state index contributed by atoms with van der Waals surface area (Å²) in [6.45, 7) is 0. The van der Waals surface area contributed by atoms with Gasteiger partial charge in [-0.25, -0.2) is 0 Å². The summed E-state index contributed by atoms with van der Waals surface area (Å²) in [5.74, 6) is 0. The van der Waals surface area contributed by atoms with Gasteiger partial charge in [-0.05, 0) is 59.7 Å². The lowest BCUT2D eigenvalue weighted by Crippen LogP contribution is -1.96. The molecular weight excluding hydrogens is 384 g/mol. The van der Waals surface area contributed by atoms with Crippen LogP contribution in [-0.2, 0) is 10.1 Å². The standard InChI is InChI=1S/C18H14N4O5S/c23-22(24)17-9-3-14(4-10-17)13-1-5-15(6-2-13)19-21-20-16-7-11-18(12-8-16)28(25,26)27/h1-12H,(H,19,20)(H,25,26,27). The van der Waals surface area contributed by atoms with Crippen LogP contribution in [0.2, 0.25) is 0 Å². The van der Waals surface area contributed by atoms with Crippen molar-refractivity contribution in [2.75, 3.05) is 5.43 Å². The predicted octanol–water partition coefficient (Wildman–Crippen LogP) is 4.62. The van der Waals surface area contributed by atoms with Crippen molar-refractivity contribution in [3.05, 3.63) is 82.9 Å². The zero-order chi connectivity index (χ0) is 20.1. The second-order valence-electron chi connectivity index (χ2n) is 5.66. The van der Waals surface area contributed by atoms with Gasteiger partial charge in [0, 0.05) is 12.1 Å². The third kappa shape index (κ3) is 4.75. The summed E-state index contributed by atoms with van der Waals surface area (Å²) in [7, 11) is -4.24. The van der Waals surface area contributed by atoms with Crippen LogP contribution < -0.4 is 5.43 Å². The first kappa shape index (κ1) is 19.1. The Balaban J connectivity index is 1.64. The van der Waals surface area contributed by atoms with Gasteiger partial charge < -0.3 is 0 Å². The molecule has 0 amide bonds. The van der Waals surface area contributed by atoms with E-state index < -0.39 is 15.0 Å². The molecule has 0 atom stereocenters. The molecule has 2 N–H and O–H groups in total. The molecule has 0 spiro atoms. The van der Waals surface area contributed by atoms with Crippen molar-refractivity contribution in [2.45, 2.75) is 4.90 Å². The molecule has 3 rings (SSSR count). The van der Waals surface area contributed by atoms with Crippen molar-refractivity contribution >= 4 is 27.2 Å². The van der Waals surface area contributed by atoms with Crippen molar-refractivity contribution < 1.29 is 17.9 Å². The van der Waals surface area contributed by atoms with Crippen LogP contribution in [0.1, 0.15) is 0 Å². The number of hydrogen-bond acceptors (Lipinski definition) is 6. The van der Waals surface area contributed by atoms with Gasteiger partial charge >= 0.3 is 0 Å². The van der Waals surface area contributed by atoms with Crippen LogP contribution in [-0.4, -0.2) is 17.9 Å². The summed E-state index contributed by atoms with van der Waals surface area (Å²) >= 11 is 0. The molecule has 9 nitrogen and oxygen atoms in total. The second kappa shape index (κ2) is 7.94. The largest absolute Gasteiger partial charge is 0.294 e. The predicted molar refractivity (Wildman–Crippen MR) is 103 cm³/mol. The molecule has 0 aliphatic heterocycles. The van der Waals surface area contributed by atoms with Crippen LogP contribution in [0.3, 0.4) is 0 Å². The Morgan fingerprint density at radius 3 is 1.89 bits per heavy atom. The molecule has 10 heteroatoms. The summed E-state index contributed by atoms with van der Waals surface area (Å²) in [6.07, 6.45) is 0. The lowest BCUT2D eigenvalue weighted by Gasteiger charge is -2.04.